The van der Waals surface area contributed by atoms with Crippen molar-refractivity contribution in [3.8, 4) is 11.1 Å². The van der Waals surface area contributed by atoms with Crippen molar-refractivity contribution >= 4 is 38.9 Å². The lowest BCUT2D eigenvalue weighted by atomic mass is 9.92. The number of rotatable bonds is 3. The van der Waals surface area contributed by atoms with Crippen LogP contribution in [0.2, 0.25) is 0 Å². The van der Waals surface area contributed by atoms with Gasteiger partial charge in [-0.3, -0.25) is 0 Å². The highest BCUT2D eigenvalue weighted by molar-refractivity contribution is 7.80. The molecule has 2 heterocycles. The molecular formula is C18H17F2N3S2. The van der Waals surface area contributed by atoms with Gasteiger partial charge in [0.1, 0.15) is 4.99 Å². The normalized spacial score (nSPS) is 17.8. The van der Waals surface area contributed by atoms with E-state index in [1.807, 2.05) is 30.5 Å². The molecule has 0 amide bonds. The number of nitrogens with zero attached hydrogens (tertiary/aromatic N) is 2. The molecule has 0 aliphatic heterocycles. The van der Waals surface area contributed by atoms with Gasteiger partial charge in [-0.1, -0.05) is 30.4 Å². The molecule has 25 heavy (non-hydrogen) atoms. The Hall–Kier alpha value is -1.86. The Morgan fingerprint density at radius 3 is 2.80 bits per heavy atom. The molecule has 0 unspecified atom stereocenters. The third-order valence-electron chi connectivity index (χ3n) is 4.84. The Morgan fingerprint density at radius 1 is 1.32 bits per heavy atom. The Kier molecular flexibility index (Phi) is 4.08. The van der Waals surface area contributed by atoms with E-state index in [2.05, 4.69) is 9.55 Å². The molecule has 1 aromatic carbocycles. The van der Waals surface area contributed by atoms with E-state index in [4.69, 9.17) is 18.0 Å². The average Bonchev–Trinajstić information content (AvgIpc) is 3.18. The lowest BCUT2D eigenvalue weighted by molar-refractivity contribution is -0.0436. The van der Waals surface area contributed by atoms with E-state index >= 15 is 0 Å². The van der Waals surface area contributed by atoms with Gasteiger partial charge in [-0.05, 0) is 24.5 Å². The van der Waals surface area contributed by atoms with Crippen molar-refractivity contribution in [1.82, 2.24) is 9.55 Å². The van der Waals surface area contributed by atoms with E-state index in [-0.39, 0.29) is 18.9 Å². The molecule has 3 aromatic rings. The third-order valence-corrected chi connectivity index (χ3v) is 5.93. The van der Waals surface area contributed by atoms with Gasteiger partial charge in [-0.2, -0.15) is 0 Å². The molecular weight excluding hydrogens is 360 g/mol. The van der Waals surface area contributed by atoms with Gasteiger partial charge < -0.3 is 10.3 Å². The van der Waals surface area contributed by atoms with Crippen molar-refractivity contribution in [2.24, 2.45) is 5.73 Å². The SMILES string of the molecule is NC(=S)c1cccc(-c2cn(C3CCC(F)(F)CC3)c3ncsc23)c1. The molecule has 2 aromatic heterocycles. The first-order valence-electron chi connectivity index (χ1n) is 8.17. The summed E-state index contributed by atoms with van der Waals surface area (Å²) in [5, 5.41) is 0. The van der Waals surface area contributed by atoms with Gasteiger partial charge in [0, 0.05) is 36.2 Å². The molecule has 3 nitrogen and oxygen atoms in total. The highest BCUT2D eigenvalue weighted by Crippen LogP contribution is 2.42. The Bertz CT molecular complexity index is 935. The molecule has 7 heteroatoms. The maximum absolute atomic E-state index is 13.5. The van der Waals surface area contributed by atoms with Crippen LogP contribution in [-0.2, 0) is 0 Å². The molecule has 1 aliphatic rings. The minimum Gasteiger partial charge on any atom is -0.389 e. The summed E-state index contributed by atoms with van der Waals surface area (Å²) in [7, 11) is 0. The number of fused-ring (bicyclic) bond motifs is 1. The minimum absolute atomic E-state index is 0.0618. The number of nitrogens with two attached hydrogens (primary N) is 1. The van der Waals surface area contributed by atoms with Crippen molar-refractivity contribution in [2.45, 2.75) is 37.6 Å². The summed E-state index contributed by atoms with van der Waals surface area (Å²) in [6, 6.07) is 7.86. The van der Waals surface area contributed by atoms with Gasteiger partial charge >= 0.3 is 0 Å². The average molecular weight is 377 g/mol. The number of halogens is 2. The molecule has 1 aliphatic carbocycles. The van der Waals surface area contributed by atoms with Crippen LogP contribution >= 0.6 is 23.6 Å². The van der Waals surface area contributed by atoms with Crippen LogP contribution in [0, 0.1) is 0 Å². The number of hydrogen-bond acceptors (Lipinski definition) is 3. The number of aromatic nitrogens is 2. The van der Waals surface area contributed by atoms with Crippen LogP contribution in [0.25, 0.3) is 21.5 Å². The fraction of sp³-hybridized carbons (Fsp3) is 0.333. The van der Waals surface area contributed by atoms with Crippen molar-refractivity contribution in [3.05, 3.63) is 41.5 Å². The zero-order chi connectivity index (χ0) is 17.6. The third kappa shape index (κ3) is 3.06. The highest BCUT2D eigenvalue weighted by atomic mass is 32.1. The zero-order valence-corrected chi connectivity index (χ0v) is 15.0. The molecule has 2 N–H and O–H groups in total. The van der Waals surface area contributed by atoms with Gasteiger partial charge in [0.25, 0.3) is 0 Å². The van der Waals surface area contributed by atoms with Crippen molar-refractivity contribution in [2.75, 3.05) is 0 Å². The predicted octanol–water partition coefficient (Wildman–Crippen LogP) is 5.15. The predicted molar refractivity (Wildman–Crippen MR) is 101 cm³/mol. The number of thiocarbonyl (C=S) groups is 1. The maximum atomic E-state index is 13.5. The number of alkyl halides is 2. The van der Waals surface area contributed by atoms with Crippen LogP contribution < -0.4 is 5.73 Å². The molecule has 0 radical (unpaired) electrons. The molecule has 0 atom stereocenters. The van der Waals surface area contributed by atoms with Crippen LogP contribution in [0.5, 0.6) is 0 Å². The van der Waals surface area contributed by atoms with Crippen molar-refractivity contribution in [1.29, 1.82) is 0 Å². The maximum Gasteiger partial charge on any atom is 0.248 e. The van der Waals surface area contributed by atoms with Crippen LogP contribution in [0.3, 0.4) is 0 Å². The fourth-order valence-corrected chi connectivity index (χ4v) is 4.44. The summed E-state index contributed by atoms with van der Waals surface area (Å²) in [6.45, 7) is 0. The van der Waals surface area contributed by atoms with Crippen LogP contribution in [0.4, 0.5) is 8.78 Å². The summed E-state index contributed by atoms with van der Waals surface area (Å²) < 4.78 is 30.1. The van der Waals surface area contributed by atoms with Gasteiger partial charge in [-0.25, -0.2) is 13.8 Å². The topological polar surface area (TPSA) is 43.8 Å². The summed E-state index contributed by atoms with van der Waals surface area (Å²) in [4.78, 5) is 4.84. The van der Waals surface area contributed by atoms with Crippen LogP contribution in [0.15, 0.2) is 36.0 Å². The van der Waals surface area contributed by atoms with Gasteiger partial charge in [-0.15, -0.1) is 11.3 Å². The minimum atomic E-state index is -2.53. The fourth-order valence-electron chi connectivity index (χ4n) is 3.49. The highest BCUT2D eigenvalue weighted by Gasteiger charge is 2.36. The second kappa shape index (κ2) is 6.14. The molecule has 0 spiro atoms. The van der Waals surface area contributed by atoms with Gasteiger partial charge in [0.05, 0.1) is 10.2 Å². The monoisotopic (exact) mass is 377 g/mol. The number of thiazole rings is 1. The van der Waals surface area contributed by atoms with E-state index in [0.29, 0.717) is 17.8 Å². The van der Waals surface area contributed by atoms with Crippen molar-refractivity contribution in [3.63, 3.8) is 0 Å². The first-order chi connectivity index (χ1) is 11.9. The first kappa shape index (κ1) is 16.6. The Morgan fingerprint density at radius 2 is 2.08 bits per heavy atom. The number of benzene rings is 1. The standard InChI is InChI=1S/C18H17F2N3S2/c19-18(20)6-4-13(5-7-18)23-9-14(15-17(23)22-10-25-15)11-2-1-3-12(8-11)16(21)24/h1-3,8-10,13H,4-7H2,(H2,21,24). The first-order valence-corrected chi connectivity index (χ1v) is 9.45. The second-order valence-electron chi connectivity index (χ2n) is 6.49. The van der Waals surface area contributed by atoms with Crippen molar-refractivity contribution < 1.29 is 8.78 Å². The largest absolute Gasteiger partial charge is 0.389 e. The summed E-state index contributed by atoms with van der Waals surface area (Å²) in [5.41, 5.74) is 11.3. The zero-order valence-electron chi connectivity index (χ0n) is 13.4. The molecule has 0 bridgehead atoms. The van der Waals surface area contributed by atoms with Gasteiger partial charge in [0.15, 0.2) is 5.65 Å². The quantitative estimate of drug-likeness (QED) is 0.642. The lowest BCUT2D eigenvalue weighted by Gasteiger charge is -2.29. The van der Waals surface area contributed by atoms with E-state index in [0.717, 1.165) is 27.0 Å². The second-order valence-corrected chi connectivity index (χ2v) is 7.78. The Labute approximate surface area is 153 Å². The molecule has 130 valence electrons. The van der Waals surface area contributed by atoms with Crippen LogP contribution in [-0.4, -0.2) is 20.5 Å². The van der Waals surface area contributed by atoms with E-state index in [1.54, 1.807) is 16.8 Å². The summed E-state index contributed by atoms with van der Waals surface area (Å²) >= 11 is 6.64. The smallest absolute Gasteiger partial charge is 0.248 e. The summed E-state index contributed by atoms with van der Waals surface area (Å²) in [5.74, 6) is -2.53. The lowest BCUT2D eigenvalue weighted by Crippen LogP contribution is -2.26. The van der Waals surface area contributed by atoms with E-state index < -0.39 is 5.92 Å². The van der Waals surface area contributed by atoms with E-state index in [1.165, 1.54) is 0 Å². The van der Waals surface area contributed by atoms with Crippen LogP contribution in [0.1, 0.15) is 37.3 Å². The van der Waals surface area contributed by atoms with Gasteiger partial charge in [0.2, 0.25) is 5.92 Å². The molecule has 0 saturated heterocycles. The Balaban J connectivity index is 1.76. The molecule has 1 saturated carbocycles. The molecule has 4 rings (SSSR count). The molecule has 1 fully saturated rings. The van der Waals surface area contributed by atoms with E-state index in [9.17, 15) is 8.78 Å². The summed E-state index contributed by atoms with van der Waals surface area (Å²) in [6.07, 6.45) is 2.86. The number of hydrogen-bond donors (Lipinski definition) is 1.